The second-order valence-corrected chi connectivity index (χ2v) is 12.0. The lowest BCUT2D eigenvalue weighted by Gasteiger charge is -2.37. The Kier molecular flexibility index (Phi) is 9.45. The minimum Gasteiger partial charge on any atom is -0.493 e. The van der Waals surface area contributed by atoms with E-state index in [2.05, 4.69) is 11.9 Å². The Hall–Kier alpha value is -5.22. The summed E-state index contributed by atoms with van der Waals surface area (Å²) in [6, 6.07) is 18.4. The number of carbonyl (C=O) groups is 2. The fraction of sp³-hybridized carbons (Fsp3) is 0.316. The summed E-state index contributed by atoms with van der Waals surface area (Å²) >= 11 is 0. The van der Waals surface area contributed by atoms with Crippen LogP contribution in [0, 0.1) is 0 Å². The highest BCUT2D eigenvalue weighted by atomic mass is 16.5. The lowest BCUT2D eigenvalue weighted by molar-refractivity contribution is 0.0780. The van der Waals surface area contributed by atoms with Gasteiger partial charge in [-0.3, -0.25) is 14.5 Å². The van der Waals surface area contributed by atoms with Crippen molar-refractivity contribution in [1.82, 2.24) is 9.80 Å². The molecule has 48 heavy (non-hydrogen) atoms. The van der Waals surface area contributed by atoms with Gasteiger partial charge in [0, 0.05) is 42.9 Å². The van der Waals surface area contributed by atoms with Crippen LogP contribution in [0.25, 0.3) is 0 Å². The Morgan fingerprint density at radius 1 is 0.708 bits per heavy atom. The van der Waals surface area contributed by atoms with Crippen molar-refractivity contribution < 1.29 is 38.0 Å². The van der Waals surface area contributed by atoms with Crippen molar-refractivity contribution in [3.8, 4) is 46.0 Å². The molecule has 1 amide bonds. The first-order valence-electron chi connectivity index (χ1n) is 15.8. The normalized spacial score (nSPS) is 15.7. The van der Waals surface area contributed by atoms with Gasteiger partial charge in [-0.25, -0.2) is 0 Å². The summed E-state index contributed by atoms with van der Waals surface area (Å²) in [4.78, 5) is 28.1. The molecule has 4 aromatic rings. The van der Waals surface area contributed by atoms with Crippen LogP contribution in [0.3, 0.4) is 0 Å². The molecule has 4 aromatic carbocycles. The van der Waals surface area contributed by atoms with Crippen LogP contribution in [-0.4, -0.2) is 77.6 Å². The fourth-order valence-corrected chi connectivity index (χ4v) is 6.48. The summed E-state index contributed by atoms with van der Waals surface area (Å²) in [7, 11) is 10.3. The van der Waals surface area contributed by atoms with Gasteiger partial charge in [-0.2, -0.15) is 0 Å². The van der Waals surface area contributed by atoms with Crippen LogP contribution in [-0.2, 0) is 19.3 Å². The Morgan fingerprint density at radius 3 is 2.08 bits per heavy atom. The number of ether oxygens (including phenoxy) is 6. The number of likely N-dealkylation sites (N-methyl/N-ethyl adjacent to an activating group) is 2. The van der Waals surface area contributed by atoms with E-state index in [0.717, 1.165) is 41.5 Å². The fourth-order valence-electron chi connectivity index (χ4n) is 6.48. The lowest BCUT2D eigenvalue weighted by Crippen LogP contribution is -2.34. The maximum Gasteiger partial charge on any atom is 0.254 e. The zero-order valence-corrected chi connectivity index (χ0v) is 28.1. The molecule has 2 aliphatic heterocycles. The van der Waals surface area contributed by atoms with E-state index in [-0.39, 0.29) is 11.9 Å². The van der Waals surface area contributed by atoms with E-state index in [1.54, 1.807) is 70.7 Å². The zero-order chi connectivity index (χ0) is 33.9. The quantitative estimate of drug-likeness (QED) is 0.168. The number of hydrogen-bond acceptors (Lipinski definition) is 9. The molecule has 1 unspecified atom stereocenters. The first-order valence-corrected chi connectivity index (χ1v) is 15.8. The van der Waals surface area contributed by atoms with Gasteiger partial charge in [-0.15, -0.1) is 0 Å². The van der Waals surface area contributed by atoms with Crippen LogP contribution in [0.4, 0.5) is 0 Å². The molecule has 0 radical (unpaired) electrons. The SMILES string of the molecule is COc1ccc(CC2c3c(cc(OC)c(OC)c3Oc3cc4c(cc3OC)C(=O)N(C)CC4)CCN2C)cc1Oc1ccc(C=O)cc1. The molecule has 10 heteroatoms. The highest BCUT2D eigenvalue weighted by Crippen LogP contribution is 2.51. The third kappa shape index (κ3) is 6.23. The zero-order valence-electron chi connectivity index (χ0n) is 28.1. The first kappa shape index (κ1) is 32.7. The molecule has 0 bridgehead atoms. The van der Waals surface area contributed by atoms with Crippen LogP contribution in [0.1, 0.15) is 49.0 Å². The second kappa shape index (κ2) is 13.9. The average Bonchev–Trinajstić information content (AvgIpc) is 3.11. The van der Waals surface area contributed by atoms with Gasteiger partial charge in [0.1, 0.15) is 12.0 Å². The largest absolute Gasteiger partial charge is 0.493 e. The summed E-state index contributed by atoms with van der Waals surface area (Å²) in [5.74, 6) is 4.25. The number of amides is 1. The maximum absolute atomic E-state index is 12.9. The van der Waals surface area contributed by atoms with Crippen molar-refractivity contribution in [3.63, 3.8) is 0 Å². The van der Waals surface area contributed by atoms with Crippen LogP contribution in [0.15, 0.2) is 60.7 Å². The van der Waals surface area contributed by atoms with Crippen molar-refractivity contribution >= 4 is 12.2 Å². The van der Waals surface area contributed by atoms with Gasteiger partial charge in [0.05, 0.1) is 28.4 Å². The summed E-state index contributed by atoms with van der Waals surface area (Å²) in [5, 5.41) is 0. The third-order valence-corrected chi connectivity index (χ3v) is 9.15. The molecule has 2 heterocycles. The van der Waals surface area contributed by atoms with E-state index in [1.807, 2.05) is 30.3 Å². The number of nitrogens with zero attached hydrogens (tertiary/aromatic N) is 2. The van der Waals surface area contributed by atoms with E-state index in [9.17, 15) is 9.59 Å². The summed E-state index contributed by atoms with van der Waals surface area (Å²) in [6.45, 7) is 1.45. The molecule has 6 rings (SSSR count). The van der Waals surface area contributed by atoms with Gasteiger partial charge in [0.15, 0.2) is 34.5 Å². The van der Waals surface area contributed by atoms with Gasteiger partial charge in [0.25, 0.3) is 5.91 Å². The van der Waals surface area contributed by atoms with Gasteiger partial charge in [0.2, 0.25) is 5.75 Å². The molecule has 10 nitrogen and oxygen atoms in total. The smallest absolute Gasteiger partial charge is 0.254 e. The van der Waals surface area contributed by atoms with Crippen LogP contribution in [0.5, 0.6) is 46.0 Å². The van der Waals surface area contributed by atoms with E-state index < -0.39 is 0 Å². The van der Waals surface area contributed by atoms with Gasteiger partial charge >= 0.3 is 0 Å². The number of rotatable bonds is 11. The molecule has 0 fully saturated rings. The van der Waals surface area contributed by atoms with E-state index in [1.165, 1.54) is 0 Å². The number of methoxy groups -OCH3 is 4. The molecular weight excluding hydrogens is 612 g/mol. The van der Waals surface area contributed by atoms with Crippen molar-refractivity contribution in [2.45, 2.75) is 25.3 Å². The standard InChI is InChI=1S/C38H40N2O8/c1-39-15-14-26-20-34(45-5)36(46-6)37(48-33-19-25-13-16-40(2)38(42)28(25)21-31(33)44-4)35(26)29(39)17-24-9-12-30(43-3)32(18-24)47-27-10-7-23(22-41)8-11-27/h7-12,18-22,29H,13-17H2,1-6H3. The summed E-state index contributed by atoms with van der Waals surface area (Å²) in [6.07, 6.45) is 2.92. The minimum atomic E-state index is -0.101. The van der Waals surface area contributed by atoms with E-state index in [4.69, 9.17) is 28.4 Å². The summed E-state index contributed by atoms with van der Waals surface area (Å²) < 4.78 is 36.2. The highest BCUT2D eigenvalue weighted by Gasteiger charge is 2.34. The van der Waals surface area contributed by atoms with Crippen molar-refractivity contribution in [2.24, 2.45) is 0 Å². The van der Waals surface area contributed by atoms with Gasteiger partial charge in [-0.05, 0) is 97.6 Å². The molecule has 0 aromatic heterocycles. The lowest BCUT2D eigenvalue weighted by atomic mass is 9.87. The highest BCUT2D eigenvalue weighted by molar-refractivity contribution is 5.97. The number of benzene rings is 4. The van der Waals surface area contributed by atoms with Crippen LogP contribution in [0.2, 0.25) is 0 Å². The maximum atomic E-state index is 12.9. The van der Waals surface area contributed by atoms with E-state index >= 15 is 0 Å². The molecule has 1 atom stereocenters. The molecule has 0 spiro atoms. The van der Waals surface area contributed by atoms with Gasteiger partial charge in [-0.1, -0.05) is 6.07 Å². The molecule has 0 saturated heterocycles. The van der Waals surface area contributed by atoms with Crippen molar-refractivity contribution in [3.05, 3.63) is 94.0 Å². The topological polar surface area (TPSA) is 96.0 Å². The summed E-state index contributed by atoms with van der Waals surface area (Å²) in [5.41, 5.74) is 5.20. The van der Waals surface area contributed by atoms with Crippen LogP contribution < -0.4 is 28.4 Å². The Balaban J connectivity index is 1.41. The molecule has 0 aliphatic carbocycles. The molecule has 0 N–H and O–H groups in total. The minimum absolute atomic E-state index is 0.0417. The van der Waals surface area contributed by atoms with Crippen molar-refractivity contribution in [2.75, 3.05) is 55.6 Å². The first-order chi connectivity index (χ1) is 23.3. The number of hydrogen-bond donors (Lipinski definition) is 0. The molecule has 2 aliphatic rings. The molecular formula is C38H40N2O8. The Morgan fingerprint density at radius 2 is 1.40 bits per heavy atom. The second-order valence-electron chi connectivity index (χ2n) is 12.0. The predicted molar refractivity (Wildman–Crippen MR) is 181 cm³/mol. The molecule has 0 saturated carbocycles. The molecule has 250 valence electrons. The predicted octanol–water partition coefficient (Wildman–Crippen LogP) is 6.52. The Bertz CT molecular complexity index is 1840. The number of aldehydes is 1. The number of carbonyl (C=O) groups excluding carboxylic acids is 2. The number of fused-ring (bicyclic) bond motifs is 2. The van der Waals surface area contributed by atoms with Gasteiger partial charge < -0.3 is 33.3 Å². The van der Waals surface area contributed by atoms with Crippen molar-refractivity contribution in [1.29, 1.82) is 0 Å². The third-order valence-electron chi connectivity index (χ3n) is 9.15. The Labute approximate surface area is 280 Å². The monoisotopic (exact) mass is 652 g/mol. The van der Waals surface area contributed by atoms with Crippen LogP contribution >= 0.6 is 0 Å². The average molecular weight is 653 g/mol. The van der Waals surface area contributed by atoms with E-state index in [0.29, 0.717) is 76.5 Å².